The van der Waals surface area contributed by atoms with Crippen molar-refractivity contribution in [3.8, 4) is 5.75 Å². The second-order valence-corrected chi connectivity index (χ2v) is 7.42. The van der Waals surface area contributed by atoms with Gasteiger partial charge >= 0.3 is 0 Å². The third kappa shape index (κ3) is 6.47. The Kier molecular flexibility index (Phi) is 7.65. The summed E-state index contributed by atoms with van der Waals surface area (Å²) in [6.45, 7) is 4.66. The van der Waals surface area contributed by atoms with Crippen molar-refractivity contribution >= 4 is 11.9 Å². The molecule has 1 amide bonds. The van der Waals surface area contributed by atoms with Crippen LogP contribution in [-0.4, -0.2) is 43.0 Å². The van der Waals surface area contributed by atoms with Crippen LogP contribution in [-0.2, 0) is 17.9 Å². The topological polar surface area (TPSA) is 66.0 Å². The molecule has 3 rings (SSSR count). The van der Waals surface area contributed by atoms with E-state index in [2.05, 4.69) is 39.9 Å². The first-order chi connectivity index (χ1) is 14.5. The maximum absolute atomic E-state index is 13.0. The van der Waals surface area contributed by atoms with Crippen LogP contribution < -0.4 is 15.4 Å². The number of likely N-dealkylation sites (tertiary alicyclic amines) is 1. The van der Waals surface area contributed by atoms with Crippen LogP contribution in [0.25, 0.3) is 0 Å². The minimum absolute atomic E-state index is 0.110. The van der Waals surface area contributed by atoms with Gasteiger partial charge in [-0.1, -0.05) is 24.3 Å². The summed E-state index contributed by atoms with van der Waals surface area (Å²) in [5, 5.41) is 6.51. The Morgan fingerprint density at radius 2 is 1.83 bits per heavy atom. The highest BCUT2D eigenvalue weighted by Gasteiger charge is 2.19. The summed E-state index contributed by atoms with van der Waals surface area (Å²) in [7, 11) is 1.72. The Morgan fingerprint density at radius 1 is 1.13 bits per heavy atom. The summed E-state index contributed by atoms with van der Waals surface area (Å²) in [6.07, 6.45) is 1.52. The number of guanidine groups is 1. The Labute approximate surface area is 177 Å². The van der Waals surface area contributed by atoms with Crippen LogP contribution in [0.5, 0.6) is 5.75 Å². The van der Waals surface area contributed by atoms with Crippen molar-refractivity contribution in [3.05, 3.63) is 65.5 Å². The molecule has 0 saturated carbocycles. The van der Waals surface area contributed by atoms with E-state index in [0.29, 0.717) is 37.8 Å². The molecule has 0 bridgehead atoms. The van der Waals surface area contributed by atoms with Crippen molar-refractivity contribution in [2.24, 2.45) is 4.99 Å². The lowest BCUT2D eigenvalue weighted by molar-refractivity contribution is -0.128. The zero-order valence-electron chi connectivity index (χ0n) is 17.5. The zero-order chi connectivity index (χ0) is 21.3. The number of amides is 1. The number of halogens is 1. The van der Waals surface area contributed by atoms with Crippen molar-refractivity contribution in [3.63, 3.8) is 0 Å². The number of carbonyl (C=O) groups excluding carboxylic acids is 1. The molecule has 7 heteroatoms. The monoisotopic (exact) mass is 412 g/mol. The number of hydrogen-bond acceptors (Lipinski definition) is 3. The van der Waals surface area contributed by atoms with Gasteiger partial charge in [-0.3, -0.25) is 9.79 Å². The van der Waals surface area contributed by atoms with E-state index in [-0.39, 0.29) is 17.8 Å². The summed E-state index contributed by atoms with van der Waals surface area (Å²) >= 11 is 0. The number of hydrogen-bond donors (Lipinski definition) is 2. The molecule has 0 aromatic heterocycles. The highest BCUT2D eigenvalue weighted by Crippen LogP contribution is 2.15. The van der Waals surface area contributed by atoms with E-state index in [4.69, 9.17) is 4.74 Å². The van der Waals surface area contributed by atoms with Gasteiger partial charge in [-0.2, -0.15) is 0 Å². The number of carbonyl (C=O) groups is 1. The molecule has 2 N–H and O–H groups in total. The Bertz CT molecular complexity index is 853. The molecule has 0 radical (unpaired) electrons. The largest absolute Gasteiger partial charge is 0.489 e. The van der Waals surface area contributed by atoms with Gasteiger partial charge in [-0.25, -0.2) is 4.39 Å². The van der Waals surface area contributed by atoms with Gasteiger partial charge in [0.05, 0.1) is 6.54 Å². The second-order valence-electron chi connectivity index (χ2n) is 7.42. The molecule has 6 nitrogen and oxygen atoms in total. The predicted octanol–water partition coefficient (Wildman–Crippen LogP) is 3.08. The summed E-state index contributed by atoms with van der Waals surface area (Å²) in [4.78, 5) is 17.9. The number of rotatable bonds is 8. The van der Waals surface area contributed by atoms with Crippen molar-refractivity contribution < 1.29 is 13.9 Å². The van der Waals surface area contributed by atoms with Crippen LogP contribution in [0.15, 0.2) is 53.5 Å². The third-order valence-electron chi connectivity index (χ3n) is 4.96. The maximum atomic E-state index is 13.0. The van der Waals surface area contributed by atoms with Gasteiger partial charge in [-0.05, 0) is 48.7 Å². The molecule has 1 fully saturated rings. The van der Waals surface area contributed by atoms with E-state index < -0.39 is 0 Å². The van der Waals surface area contributed by atoms with Crippen molar-refractivity contribution in [1.82, 2.24) is 15.5 Å². The van der Waals surface area contributed by atoms with E-state index in [9.17, 15) is 9.18 Å². The summed E-state index contributed by atoms with van der Waals surface area (Å²) in [5.74, 6) is 1.27. The summed E-state index contributed by atoms with van der Waals surface area (Å²) in [5.41, 5.74) is 2.27. The SMILES string of the molecule is CN=C(NCc1ccc(CN2CCCC2=O)cc1)NCC(C)Oc1ccc(F)cc1. The van der Waals surface area contributed by atoms with Crippen LogP contribution >= 0.6 is 0 Å². The molecule has 30 heavy (non-hydrogen) atoms. The molecule has 2 aromatic carbocycles. The number of nitrogens with zero attached hydrogens (tertiary/aromatic N) is 2. The van der Waals surface area contributed by atoms with Crippen LogP contribution in [0.3, 0.4) is 0 Å². The molecule has 1 atom stereocenters. The van der Waals surface area contributed by atoms with Crippen molar-refractivity contribution in [1.29, 1.82) is 0 Å². The fourth-order valence-electron chi connectivity index (χ4n) is 3.29. The fourth-order valence-corrected chi connectivity index (χ4v) is 3.29. The minimum Gasteiger partial charge on any atom is -0.489 e. The molecule has 1 aliphatic heterocycles. The number of aliphatic imine (C=N–C) groups is 1. The van der Waals surface area contributed by atoms with Gasteiger partial charge in [0, 0.05) is 33.1 Å². The Hall–Kier alpha value is -3.09. The lowest BCUT2D eigenvalue weighted by atomic mass is 10.1. The molecule has 0 spiro atoms. The predicted molar refractivity (Wildman–Crippen MR) is 116 cm³/mol. The zero-order valence-corrected chi connectivity index (χ0v) is 17.5. The number of benzene rings is 2. The van der Waals surface area contributed by atoms with Gasteiger partial charge in [0.15, 0.2) is 5.96 Å². The standard InChI is InChI=1S/C23H29FN4O2/c1-17(30-21-11-9-20(24)10-12-21)14-26-23(25-2)27-15-18-5-7-19(8-6-18)16-28-13-3-4-22(28)29/h5-12,17H,3-4,13-16H2,1-2H3,(H2,25,26,27). The van der Waals surface area contributed by atoms with Gasteiger partial charge in [0.1, 0.15) is 17.7 Å². The van der Waals surface area contributed by atoms with Crippen molar-refractivity contribution in [2.75, 3.05) is 20.1 Å². The van der Waals surface area contributed by atoms with Crippen molar-refractivity contribution in [2.45, 2.75) is 39.0 Å². The second kappa shape index (κ2) is 10.6. The average molecular weight is 413 g/mol. The van der Waals surface area contributed by atoms with E-state index in [1.807, 2.05) is 11.8 Å². The Morgan fingerprint density at radius 3 is 2.47 bits per heavy atom. The summed E-state index contributed by atoms with van der Waals surface area (Å²) < 4.78 is 18.7. The molecule has 1 aliphatic rings. The lowest BCUT2D eigenvalue weighted by Gasteiger charge is -2.18. The highest BCUT2D eigenvalue weighted by atomic mass is 19.1. The molecular weight excluding hydrogens is 383 g/mol. The molecular formula is C23H29FN4O2. The van der Waals surface area contributed by atoms with E-state index in [1.165, 1.54) is 12.1 Å². The van der Waals surface area contributed by atoms with Gasteiger partial charge in [-0.15, -0.1) is 0 Å². The van der Waals surface area contributed by atoms with Gasteiger partial charge in [0.25, 0.3) is 0 Å². The molecule has 0 aliphatic carbocycles. The Balaban J connectivity index is 1.41. The van der Waals surface area contributed by atoms with Gasteiger partial charge in [0.2, 0.25) is 5.91 Å². The first-order valence-corrected chi connectivity index (χ1v) is 10.3. The van der Waals surface area contributed by atoms with Crippen LogP contribution in [0.4, 0.5) is 4.39 Å². The molecule has 1 unspecified atom stereocenters. The summed E-state index contributed by atoms with van der Waals surface area (Å²) in [6, 6.07) is 14.3. The first-order valence-electron chi connectivity index (χ1n) is 10.3. The van der Waals surface area contributed by atoms with E-state index >= 15 is 0 Å². The molecule has 1 heterocycles. The molecule has 1 saturated heterocycles. The lowest BCUT2D eigenvalue weighted by Crippen LogP contribution is -2.41. The smallest absolute Gasteiger partial charge is 0.222 e. The van der Waals surface area contributed by atoms with Crippen LogP contribution in [0.1, 0.15) is 30.9 Å². The number of nitrogens with one attached hydrogen (secondary N) is 2. The first kappa shape index (κ1) is 21.6. The van der Waals surface area contributed by atoms with E-state index in [1.54, 1.807) is 19.2 Å². The minimum atomic E-state index is -0.282. The third-order valence-corrected chi connectivity index (χ3v) is 4.96. The fraction of sp³-hybridized carbons (Fsp3) is 0.391. The van der Waals surface area contributed by atoms with Crippen LogP contribution in [0.2, 0.25) is 0 Å². The highest BCUT2D eigenvalue weighted by molar-refractivity contribution is 5.79. The quantitative estimate of drug-likeness (QED) is 0.517. The maximum Gasteiger partial charge on any atom is 0.222 e. The van der Waals surface area contributed by atoms with Crippen LogP contribution in [0, 0.1) is 5.82 Å². The average Bonchev–Trinajstić information content (AvgIpc) is 3.15. The normalized spacial score (nSPS) is 15.2. The number of ether oxygens (including phenoxy) is 1. The molecule has 160 valence electrons. The van der Waals surface area contributed by atoms with Gasteiger partial charge < -0.3 is 20.3 Å². The van der Waals surface area contributed by atoms with E-state index in [0.717, 1.165) is 24.1 Å². The molecule has 2 aromatic rings.